The summed E-state index contributed by atoms with van der Waals surface area (Å²) in [5.74, 6) is 2.16. The van der Waals surface area contributed by atoms with Crippen molar-refractivity contribution in [2.45, 2.75) is 13.8 Å². The quantitative estimate of drug-likeness (QED) is 0.770. The molecule has 0 heterocycles. The molecular weight excluding hydrogens is 270 g/mol. The zero-order valence-electron chi connectivity index (χ0n) is 11.4. The summed E-state index contributed by atoms with van der Waals surface area (Å²) in [5, 5.41) is 9.77. The van der Waals surface area contributed by atoms with Crippen molar-refractivity contribution in [3.8, 4) is 17.6 Å². The van der Waals surface area contributed by atoms with Crippen LogP contribution in [0, 0.1) is 23.2 Å². The van der Waals surface area contributed by atoms with Gasteiger partial charge in [-0.1, -0.05) is 49.7 Å². The molecule has 0 amide bonds. The van der Waals surface area contributed by atoms with Gasteiger partial charge in [-0.05, 0) is 35.7 Å². The Kier molecular flexibility index (Phi) is 4.65. The van der Waals surface area contributed by atoms with Crippen molar-refractivity contribution in [2.75, 3.05) is 0 Å². The monoisotopic (exact) mass is 284 g/mol. The van der Waals surface area contributed by atoms with Crippen LogP contribution in [0.15, 0.2) is 48.5 Å². The Bertz CT molecular complexity index is 617. The van der Waals surface area contributed by atoms with E-state index in [1.54, 1.807) is 6.07 Å². The lowest BCUT2D eigenvalue weighted by molar-refractivity contribution is 0.482. The molecule has 101 valence electrons. The standard InChI is InChI=1S/C17H15ClNO/c1-12(2)15(11-19)13-8-9-16(18)17(10-13)20-14-6-4-3-5-7-14/h3-10,12H,1-2H3. The van der Waals surface area contributed by atoms with Crippen LogP contribution in [0.5, 0.6) is 11.5 Å². The summed E-state index contributed by atoms with van der Waals surface area (Å²) in [6.07, 6.45) is 0. The first-order valence-electron chi connectivity index (χ1n) is 6.41. The number of nitriles is 1. The van der Waals surface area contributed by atoms with E-state index in [1.165, 1.54) is 0 Å². The molecule has 0 atom stereocenters. The third-order valence-electron chi connectivity index (χ3n) is 2.91. The Morgan fingerprint density at radius 3 is 2.45 bits per heavy atom. The van der Waals surface area contributed by atoms with Gasteiger partial charge in [0.25, 0.3) is 0 Å². The second-order valence-electron chi connectivity index (χ2n) is 4.74. The number of halogens is 1. The zero-order valence-corrected chi connectivity index (χ0v) is 12.2. The predicted molar refractivity (Wildman–Crippen MR) is 80.8 cm³/mol. The normalized spacial score (nSPS) is 10.6. The minimum Gasteiger partial charge on any atom is -0.456 e. The molecule has 0 aromatic heterocycles. The van der Waals surface area contributed by atoms with Gasteiger partial charge < -0.3 is 4.74 Å². The van der Waals surface area contributed by atoms with Gasteiger partial charge in [0.15, 0.2) is 0 Å². The molecule has 2 nitrogen and oxygen atoms in total. The number of hydrogen-bond acceptors (Lipinski definition) is 2. The number of nitrogens with zero attached hydrogens (tertiary/aromatic N) is 1. The smallest absolute Gasteiger partial charge is 0.146 e. The summed E-state index contributed by atoms with van der Waals surface area (Å²) in [7, 11) is 0. The Labute approximate surface area is 124 Å². The Hall–Kier alpha value is -1.98. The maximum absolute atomic E-state index is 9.24. The number of benzene rings is 2. The molecule has 0 N–H and O–H groups in total. The summed E-state index contributed by atoms with van der Waals surface area (Å²) in [5.41, 5.74) is 0.845. The van der Waals surface area contributed by atoms with E-state index in [0.717, 1.165) is 17.2 Å². The van der Waals surface area contributed by atoms with E-state index >= 15 is 0 Å². The molecule has 0 fully saturated rings. The molecule has 0 saturated carbocycles. The van der Waals surface area contributed by atoms with Gasteiger partial charge in [0.05, 0.1) is 11.1 Å². The Morgan fingerprint density at radius 1 is 1.15 bits per heavy atom. The number of hydrogen-bond donors (Lipinski definition) is 0. The first-order chi connectivity index (χ1) is 9.61. The minimum absolute atomic E-state index is 0.158. The molecule has 20 heavy (non-hydrogen) atoms. The molecule has 0 aliphatic heterocycles. The molecule has 0 bridgehead atoms. The van der Waals surface area contributed by atoms with E-state index < -0.39 is 0 Å². The highest BCUT2D eigenvalue weighted by molar-refractivity contribution is 6.32. The van der Waals surface area contributed by atoms with Gasteiger partial charge in [0.2, 0.25) is 0 Å². The molecule has 2 aromatic rings. The van der Waals surface area contributed by atoms with E-state index in [-0.39, 0.29) is 5.92 Å². The summed E-state index contributed by atoms with van der Waals surface area (Å²) >= 11 is 6.16. The van der Waals surface area contributed by atoms with Gasteiger partial charge in [-0.25, -0.2) is 0 Å². The highest BCUT2D eigenvalue weighted by Crippen LogP contribution is 2.33. The lowest BCUT2D eigenvalue weighted by atomic mass is 9.90. The van der Waals surface area contributed by atoms with E-state index in [0.29, 0.717) is 10.8 Å². The van der Waals surface area contributed by atoms with Crippen LogP contribution in [-0.2, 0) is 0 Å². The summed E-state index contributed by atoms with van der Waals surface area (Å²) in [4.78, 5) is 0. The van der Waals surface area contributed by atoms with Crippen LogP contribution in [0.1, 0.15) is 19.4 Å². The highest BCUT2D eigenvalue weighted by atomic mass is 35.5. The van der Waals surface area contributed by atoms with Crippen LogP contribution in [0.4, 0.5) is 0 Å². The molecule has 0 saturated heterocycles. The predicted octanol–water partition coefficient (Wildman–Crippen LogP) is 5.23. The van der Waals surface area contributed by atoms with Crippen molar-refractivity contribution < 1.29 is 4.74 Å². The highest BCUT2D eigenvalue weighted by Gasteiger charge is 2.18. The first kappa shape index (κ1) is 14.4. The van der Waals surface area contributed by atoms with E-state index in [2.05, 4.69) is 6.07 Å². The minimum atomic E-state index is 0.158. The first-order valence-corrected chi connectivity index (χ1v) is 6.79. The van der Waals surface area contributed by atoms with Crippen molar-refractivity contribution in [3.63, 3.8) is 0 Å². The Balaban J connectivity index is 2.32. The fourth-order valence-electron chi connectivity index (χ4n) is 1.89. The second-order valence-corrected chi connectivity index (χ2v) is 5.15. The zero-order chi connectivity index (χ0) is 14.5. The third-order valence-corrected chi connectivity index (χ3v) is 3.22. The van der Waals surface area contributed by atoms with E-state index in [4.69, 9.17) is 16.3 Å². The third kappa shape index (κ3) is 3.31. The SMILES string of the molecule is CC(C)[C](C#N)c1ccc(Cl)c(Oc2ccccc2)c1. The average molecular weight is 285 g/mol. The molecule has 0 aliphatic carbocycles. The molecule has 0 unspecified atom stereocenters. The van der Waals surface area contributed by atoms with E-state index in [1.807, 2.05) is 56.3 Å². The average Bonchev–Trinajstić information content (AvgIpc) is 2.44. The van der Waals surface area contributed by atoms with Crippen molar-refractivity contribution in [1.29, 1.82) is 5.26 Å². The topological polar surface area (TPSA) is 33.0 Å². The van der Waals surface area contributed by atoms with Crippen LogP contribution >= 0.6 is 11.6 Å². The summed E-state index contributed by atoms with van der Waals surface area (Å²) in [6, 6.07) is 17.1. The fourth-order valence-corrected chi connectivity index (χ4v) is 2.05. The van der Waals surface area contributed by atoms with Gasteiger partial charge in [0, 0.05) is 0 Å². The molecule has 0 spiro atoms. The molecule has 3 heteroatoms. The van der Waals surface area contributed by atoms with Crippen molar-refractivity contribution >= 4 is 11.6 Å². The number of para-hydroxylation sites is 1. The lowest BCUT2D eigenvalue weighted by Crippen LogP contribution is -2.05. The fraction of sp³-hybridized carbons (Fsp3) is 0.176. The molecule has 2 rings (SSSR count). The van der Waals surface area contributed by atoms with Gasteiger partial charge in [-0.3, -0.25) is 0 Å². The Morgan fingerprint density at radius 2 is 1.85 bits per heavy atom. The van der Waals surface area contributed by atoms with Gasteiger partial charge in [-0.2, -0.15) is 5.26 Å². The number of ether oxygens (including phenoxy) is 1. The summed E-state index contributed by atoms with van der Waals surface area (Å²) < 4.78 is 5.77. The van der Waals surface area contributed by atoms with Crippen molar-refractivity contribution in [1.82, 2.24) is 0 Å². The van der Waals surface area contributed by atoms with Crippen LogP contribution in [0.25, 0.3) is 0 Å². The van der Waals surface area contributed by atoms with E-state index in [9.17, 15) is 5.26 Å². The molecular formula is C17H15ClNO. The molecule has 0 aliphatic rings. The lowest BCUT2D eigenvalue weighted by Gasteiger charge is -2.14. The maximum atomic E-state index is 9.24. The van der Waals surface area contributed by atoms with Crippen LogP contribution < -0.4 is 4.74 Å². The maximum Gasteiger partial charge on any atom is 0.146 e. The van der Waals surface area contributed by atoms with Crippen LogP contribution in [0.3, 0.4) is 0 Å². The van der Waals surface area contributed by atoms with Gasteiger partial charge in [-0.15, -0.1) is 0 Å². The van der Waals surface area contributed by atoms with Crippen LogP contribution in [0.2, 0.25) is 5.02 Å². The van der Waals surface area contributed by atoms with Crippen molar-refractivity contribution in [3.05, 3.63) is 65.0 Å². The largest absolute Gasteiger partial charge is 0.456 e. The van der Waals surface area contributed by atoms with Crippen LogP contribution in [-0.4, -0.2) is 0 Å². The van der Waals surface area contributed by atoms with Gasteiger partial charge >= 0.3 is 0 Å². The molecule has 1 radical (unpaired) electrons. The van der Waals surface area contributed by atoms with Gasteiger partial charge in [0.1, 0.15) is 17.4 Å². The van der Waals surface area contributed by atoms with Crippen molar-refractivity contribution in [2.24, 2.45) is 5.92 Å². The second kappa shape index (κ2) is 6.45. The summed E-state index contributed by atoms with van der Waals surface area (Å²) in [6.45, 7) is 3.98. The molecule has 2 aromatic carbocycles. The number of rotatable bonds is 4.